The minimum absolute atomic E-state index is 0.0511. The van der Waals surface area contributed by atoms with Crippen LogP contribution in [0.4, 0.5) is 10.5 Å². The molecule has 35 heavy (non-hydrogen) atoms. The van der Waals surface area contributed by atoms with Gasteiger partial charge in [-0.15, -0.1) is 0 Å². The average Bonchev–Trinajstić information content (AvgIpc) is 3.40. The van der Waals surface area contributed by atoms with E-state index >= 15 is 0 Å². The van der Waals surface area contributed by atoms with Crippen LogP contribution in [0.15, 0.2) is 48.8 Å². The summed E-state index contributed by atoms with van der Waals surface area (Å²) >= 11 is 0. The van der Waals surface area contributed by atoms with E-state index in [-0.39, 0.29) is 18.7 Å². The number of ether oxygens (including phenoxy) is 1. The number of aromatic nitrogens is 4. The number of carbonyl (C=O) groups is 1. The highest BCUT2D eigenvalue weighted by molar-refractivity contribution is 5.96. The number of fused-ring (bicyclic) bond motifs is 1. The largest absolute Gasteiger partial charge is 0.486 e. The smallest absolute Gasteiger partial charge is 0.319 e. The molecule has 2 amide bonds. The van der Waals surface area contributed by atoms with Crippen molar-refractivity contribution in [3.8, 4) is 23.1 Å². The van der Waals surface area contributed by atoms with Gasteiger partial charge in [-0.1, -0.05) is 12.1 Å². The lowest BCUT2D eigenvalue weighted by Gasteiger charge is -2.13. The number of hydrogen-bond acceptors (Lipinski definition) is 5. The molecule has 0 radical (unpaired) electrons. The summed E-state index contributed by atoms with van der Waals surface area (Å²) in [6.45, 7) is 4.95. The Morgan fingerprint density at radius 2 is 2.06 bits per heavy atom. The molecule has 0 atom stereocenters. The zero-order valence-electron chi connectivity index (χ0n) is 19.7. The van der Waals surface area contributed by atoms with Crippen LogP contribution in [0.2, 0.25) is 0 Å². The van der Waals surface area contributed by atoms with Gasteiger partial charge in [0.05, 0.1) is 16.8 Å². The Balaban J connectivity index is 1.50. The van der Waals surface area contributed by atoms with E-state index < -0.39 is 0 Å². The second-order valence-electron chi connectivity index (χ2n) is 9.12. The molecule has 0 saturated heterocycles. The van der Waals surface area contributed by atoms with E-state index in [0.717, 1.165) is 28.7 Å². The van der Waals surface area contributed by atoms with Crippen LogP contribution in [0.1, 0.15) is 38.1 Å². The van der Waals surface area contributed by atoms with Crippen LogP contribution in [0.3, 0.4) is 0 Å². The molecular weight excluding hydrogens is 442 g/mol. The number of carbonyl (C=O) groups excluding carboxylic acids is 1. The number of nitriles is 1. The fraction of sp³-hybridized carbons (Fsp3) is 0.308. The lowest BCUT2D eigenvalue weighted by Crippen LogP contribution is -2.34. The molecule has 178 valence electrons. The predicted molar refractivity (Wildman–Crippen MR) is 133 cm³/mol. The Bertz CT molecular complexity index is 1380. The Hall–Kier alpha value is -4.32. The lowest BCUT2D eigenvalue weighted by molar-refractivity contribution is 0.250. The third-order valence-electron chi connectivity index (χ3n) is 5.96. The maximum absolute atomic E-state index is 12.0. The van der Waals surface area contributed by atoms with Crippen molar-refractivity contribution in [3.63, 3.8) is 0 Å². The predicted octanol–water partition coefficient (Wildman–Crippen LogP) is 4.82. The summed E-state index contributed by atoms with van der Waals surface area (Å²) in [6, 6.07) is 15.7. The van der Waals surface area contributed by atoms with E-state index in [9.17, 15) is 10.1 Å². The molecule has 2 aromatic carbocycles. The highest BCUT2D eigenvalue weighted by Crippen LogP contribution is 2.39. The third-order valence-corrected chi connectivity index (χ3v) is 5.96. The number of amides is 2. The minimum atomic E-state index is -0.244. The van der Waals surface area contributed by atoms with E-state index in [2.05, 4.69) is 36.5 Å². The van der Waals surface area contributed by atoms with Gasteiger partial charge in [0, 0.05) is 29.7 Å². The van der Waals surface area contributed by atoms with Crippen molar-refractivity contribution < 1.29 is 9.53 Å². The van der Waals surface area contributed by atoms with Gasteiger partial charge in [-0.05, 0) is 62.4 Å². The first-order valence-electron chi connectivity index (χ1n) is 11.7. The molecule has 2 aromatic heterocycles. The van der Waals surface area contributed by atoms with Gasteiger partial charge in [0.2, 0.25) is 0 Å². The van der Waals surface area contributed by atoms with Gasteiger partial charge in [-0.2, -0.15) is 10.4 Å². The molecule has 0 bridgehead atoms. The van der Waals surface area contributed by atoms with Crippen molar-refractivity contribution in [3.05, 3.63) is 60.2 Å². The number of hydrogen-bond donors (Lipinski definition) is 3. The monoisotopic (exact) mass is 469 g/mol. The van der Waals surface area contributed by atoms with Gasteiger partial charge in [-0.25, -0.2) is 9.78 Å². The van der Waals surface area contributed by atoms with Crippen LogP contribution in [-0.4, -0.2) is 31.8 Å². The van der Waals surface area contributed by atoms with E-state index in [4.69, 9.17) is 4.74 Å². The first-order chi connectivity index (χ1) is 17.0. The summed E-state index contributed by atoms with van der Waals surface area (Å²) in [5, 5.41) is 23.3. The van der Waals surface area contributed by atoms with Crippen molar-refractivity contribution in [2.45, 2.75) is 45.9 Å². The van der Waals surface area contributed by atoms with Crippen LogP contribution < -0.4 is 15.4 Å². The van der Waals surface area contributed by atoms with Crippen molar-refractivity contribution in [1.82, 2.24) is 25.1 Å². The third kappa shape index (κ3) is 4.96. The quantitative estimate of drug-likeness (QED) is 0.342. The molecule has 0 aliphatic heterocycles. The minimum Gasteiger partial charge on any atom is -0.486 e. The number of benzene rings is 2. The number of nitrogens with zero attached hydrogens (tertiary/aromatic N) is 4. The van der Waals surface area contributed by atoms with Crippen molar-refractivity contribution in [1.29, 1.82) is 5.26 Å². The molecule has 1 fully saturated rings. The normalized spacial score (nSPS) is 13.1. The summed E-state index contributed by atoms with van der Waals surface area (Å²) in [6.07, 6.45) is 3.83. The van der Waals surface area contributed by atoms with Gasteiger partial charge in [-0.3, -0.25) is 5.10 Å². The Morgan fingerprint density at radius 1 is 1.26 bits per heavy atom. The number of H-pyrrole nitrogens is 1. The molecule has 4 aromatic rings. The van der Waals surface area contributed by atoms with E-state index in [0.29, 0.717) is 28.7 Å². The van der Waals surface area contributed by atoms with E-state index in [1.165, 1.54) is 19.2 Å². The van der Waals surface area contributed by atoms with Crippen LogP contribution in [0, 0.1) is 17.2 Å². The highest BCUT2D eigenvalue weighted by atomic mass is 16.5. The first kappa shape index (κ1) is 22.5. The molecule has 1 aliphatic carbocycles. The fourth-order valence-corrected chi connectivity index (χ4v) is 4.17. The summed E-state index contributed by atoms with van der Waals surface area (Å²) in [5.41, 5.74) is 4.12. The highest BCUT2D eigenvalue weighted by Gasteiger charge is 2.26. The molecule has 3 N–H and O–H groups in total. The topological polar surface area (TPSA) is 121 Å². The zero-order valence-corrected chi connectivity index (χ0v) is 19.7. The Kier molecular flexibility index (Phi) is 6.10. The SMILES string of the molecule is CC(C)NC(=O)Nc1ccc(-c2c(C#N)c3ccc(OCc4ncn[nH]4)cc3n2CC2CC2)cc1. The number of aromatic amines is 1. The van der Waals surface area contributed by atoms with Gasteiger partial charge in [0.15, 0.2) is 5.82 Å². The number of urea groups is 1. The van der Waals surface area contributed by atoms with Crippen LogP contribution >= 0.6 is 0 Å². The summed E-state index contributed by atoms with van der Waals surface area (Å²) in [5.74, 6) is 1.96. The van der Waals surface area contributed by atoms with Crippen LogP contribution in [0.5, 0.6) is 5.75 Å². The molecule has 0 unspecified atom stereocenters. The summed E-state index contributed by atoms with van der Waals surface area (Å²) in [4.78, 5) is 16.1. The number of anilines is 1. The van der Waals surface area contributed by atoms with Gasteiger partial charge >= 0.3 is 6.03 Å². The van der Waals surface area contributed by atoms with Gasteiger partial charge in [0.25, 0.3) is 0 Å². The first-order valence-corrected chi connectivity index (χ1v) is 11.7. The maximum Gasteiger partial charge on any atom is 0.319 e. The van der Waals surface area contributed by atoms with Crippen molar-refractivity contribution in [2.75, 3.05) is 5.32 Å². The molecule has 1 saturated carbocycles. The summed E-state index contributed by atoms with van der Waals surface area (Å²) < 4.78 is 8.16. The Morgan fingerprint density at radius 3 is 2.71 bits per heavy atom. The van der Waals surface area contributed by atoms with Gasteiger partial charge < -0.3 is 19.9 Å². The average molecular weight is 470 g/mol. The second-order valence-corrected chi connectivity index (χ2v) is 9.12. The van der Waals surface area contributed by atoms with Crippen molar-refractivity contribution >= 4 is 22.6 Å². The molecular formula is C26H27N7O2. The van der Waals surface area contributed by atoms with Crippen LogP contribution in [0.25, 0.3) is 22.2 Å². The molecule has 5 rings (SSSR count). The van der Waals surface area contributed by atoms with Crippen LogP contribution in [-0.2, 0) is 13.2 Å². The van der Waals surface area contributed by atoms with E-state index in [1.54, 1.807) is 0 Å². The Labute approximate surface area is 203 Å². The molecule has 9 nitrogen and oxygen atoms in total. The van der Waals surface area contributed by atoms with Gasteiger partial charge in [0.1, 0.15) is 24.8 Å². The molecule has 1 aliphatic rings. The number of rotatable bonds is 8. The molecule has 9 heteroatoms. The zero-order chi connectivity index (χ0) is 24.4. The summed E-state index contributed by atoms with van der Waals surface area (Å²) in [7, 11) is 0. The molecule has 0 spiro atoms. The number of nitrogens with one attached hydrogen (secondary N) is 3. The molecule has 2 heterocycles. The second kappa shape index (κ2) is 9.50. The van der Waals surface area contributed by atoms with Crippen molar-refractivity contribution in [2.24, 2.45) is 5.92 Å². The van der Waals surface area contributed by atoms with E-state index in [1.807, 2.05) is 56.3 Å². The maximum atomic E-state index is 12.0. The lowest BCUT2D eigenvalue weighted by atomic mass is 10.1. The fourth-order valence-electron chi connectivity index (χ4n) is 4.17. The standard InChI is InChI=1S/C26H27N7O2/c1-16(2)30-26(34)31-19-7-5-18(6-8-19)25-22(12-27)21-10-9-20(35-14-24-28-15-29-32-24)11-23(21)33(25)13-17-3-4-17/h5-11,15-17H,3-4,13-14H2,1-2H3,(H,28,29,32)(H2,30,31,34).